The number of nitrogens with zero attached hydrogens (tertiary/aromatic N) is 3. The van der Waals surface area contributed by atoms with E-state index >= 15 is 0 Å². The van der Waals surface area contributed by atoms with Crippen molar-refractivity contribution >= 4 is 21.5 Å². The van der Waals surface area contributed by atoms with Gasteiger partial charge in [0.1, 0.15) is 23.0 Å². The van der Waals surface area contributed by atoms with Gasteiger partial charge in [-0.05, 0) is 55.8 Å². The maximum atomic E-state index is 13.4. The standard InChI is InChI=1S/C26H27N3O4S/c1-18-11-12-23-25(15-18)33-24-10-5-4-9-22(24)26(27-23)28-13-14-29(19(2)17-28)34(30,31)21-8-6-7-20(16-21)32-3/h4-12,15-16,19H,13-14,17H2,1-3H3. The lowest BCUT2D eigenvalue weighted by Crippen LogP contribution is -2.55. The Morgan fingerprint density at radius 3 is 2.62 bits per heavy atom. The first kappa shape index (κ1) is 22.4. The molecule has 1 unspecified atom stereocenters. The molecule has 2 aliphatic rings. The molecule has 3 aromatic rings. The van der Waals surface area contributed by atoms with Crippen LogP contribution in [0.5, 0.6) is 17.2 Å². The molecule has 1 fully saturated rings. The third-order valence-electron chi connectivity index (χ3n) is 6.20. The van der Waals surface area contributed by atoms with Crippen LogP contribution in [0.1, 0.15) is 18.1 Å². The third-order valence-corrected chi connectivity index (χ3v) is 8.21. The van der Waals surface area contributed by atoms with Gasteiger partial charge in [-0.25, -0.2) is 13.4 Å². The smallest absolute Gasteiger partial charge is 0.243 e. The Bertz CT molecular complexity index is 1370. The van der Waals surface area contributed by atoms with E-state index in [1.807, 2.05) is 56.3 Å². The van der Waals surface area contributed by atoms with Crippen molar-refractivity contribution in [1.82, 2.24) is 9.21 Å². The summed E-state index contributed by atoms with van der Waals surface area (Å²) in [7, 11) is -2.13. The van der Waals surface area contributed by atoms with Crippen LogP contribution in [0.25, 0.3) is 0 Å². The van der Waals surface area contributed by atoms with E-state index in [1.54, 1.807) is 28.6 Å². The molecule has 2 aliphatic heterocycles. The molecule has 34 heavy (non-hydrogen) atoms. The zero-order valence-corrected chi connectivity index (χ0v) is 20.2. The fourth-order valence-electron chi connectivity index (χ4n) is 4.46. The number of amidine groups is 1. The van der Waals surface area contributed by atoms with Crippen molar-refractivity contribution in [2.75, 3.05) is 26.7 Å². The summed E-state index contributed by atoms with van der Waals surface area (Å²) in [6.07, 6.45) is 0. The molecular weight excluding hydrogens is 450 g/mol. The second-order valence-corrected chi connectivity index (χ2v) is 10.5. The van der Waals surface area contributed by atoms with Crippen LogP contribution in [0.3, 0.4) is 0 Å². The van der Waals surface area contributed by atoms with Gasteiger partial charge in [-0.1, -0.05) is 24.3 Å². The fraction of sp³-hybridized carbons (Fsp3) is 0.269. The van der Waals surface area contributed by atoms with Gasteiger partial charge < -0.3 is 14.4 Å². The lowest BCUT2D eigenvalue weighted by Gasteiger charge is -2.40. The maximum absolute atomic E-state index is 13.4. The van der Waals surface area contributed by atoms with Crippen molar-refractivity contribution < 1.29 is 17.9 Å². The van der Waals surface area contributed by atoms with Gasteiger partial charge in [0.15, 0.2) is 5.75 Å². The summed E-state index contributed by atoms with van der Waals surface area (Å²) in [5.41, 5.74) is 2.75. The first-order valence-corrected chi connectivity index (χ1v) is 12.7. The number of para-hydroxylation sites is 1. The molecule has 176 valence electrons. The molecule has 0 N–H and O–H groups in total. The average Bonchev–Trinajstić information content (AvgIpc) is 3.00. The Hall–Kier alpha value is -3.36. The minimum atomic E-state index is -3.66. The van der Waals surface area contributed by atoms with E-state index in [1.165, 1.54) is 7.11 Å². The zero-order valence-electron chi connectivity index (χ0n) is 19.4. The highest BCUT2D eigenvalue weighted by Crippen LogP contribution is 2.39. The van der Waals surface area contributed by atoms with Gasteiger partial charge in [-0.2, -0.15) is 4.31 Å². The second kappa shape index (κ2) is 8.77. The lowest BCUT2D eigenvalue weighted by molar-refractivity contribution is 0.205. The topological polar surface area (TPSA) is 71.4 Å². The quantitative estimate of drug-likeness (QED) is 0.552. The van der Waals surface area contributed by atoms with Gasteiger partial charge in [0, 0.05) is 31.7 Å². The molecule has 0 radical (unpaired) electrons. The van der Waals surface area contributed by atoms with E-state index in [2.05, 4.69) is 4.90 Å². The number of piperazine rings is 1. The molecule has 1 saturated heterocycles. The van der Waals surface area contributed by atoms with Crippen molar-refractivity contribution in [3.05, 3.63) is 77.9 Å². The number of aryl methyl sites for hydroxylation is 1. The Morgan fingerprint density at radius 1 is 1.00 bits per heavy atom. The molecular formula is C26H27N3O4S. The summed E-state index contributed by atoms with van der Waals surface area (Å²) in [6, 6.07) is 20.2. The molecule has 2 heterocycles. The number of aliphatic imine (C=N–C) groups is 1. The van der Waals surface area contributed by atoms with Crippen molar-refractivity contribution in [3.63, 3.8) is 0 Å². The van der Waals surface area contributed by atoms with Gasteiger partial charge in [0.05, 0.1) is 17.6 Å². The molecule has 7 nitrogen and oxygen atoms in total. The summed E-state index contributed by atoms with van der Waals surface area (Å²) >= 11 is 0. The minimum Gasteiger partial charge on any atom is -0.497 e. The van der Waals surface area contributed by atoms with Crippen LogP contribution in [0.4, 0.5) is 5.69 Å². The van der Waals surface area contributed by atoms with Gasteiger partial charge in [0.25, 0.3) is 0 Å². The summed E-state index contributed by atoms with van der Waals surface area (Å²) in [5.74, 6) is 2.77. The SMILES string of the molecule is COc1cccc(S(=O)(=O)N2CCN(C3=Nc4ccc(C)cc4Oc4ccccc43)CC2C)c1. The fourth-order valence-corrected chi connectivity index (χ4v) is 6.11. The number of hydrogen-bond donors (Lipinski definition) is 0. The van der Waals surface area contributed by atoms with Gasteiger partial charge in [-0.3, -0.25) is 0 Å². The van der Waals surface area contributed by atoms with Crippen LogP contribution in [0.2, 0.25) is 0 Å². The molecule has 0 amide bonds. The van der Waals surface area contributed by atoms with Gasteiger partial charge in [-0.15, -0.1) is 0 Å². The van der Waals surface area contributed by atoms with Crippen molar-refractivity contribution in [2.45, 2.75) is 24.8 Å². The number of hydrogen-bond acceptors (Lipinski definition) is 6. The highest BCUT2D eigenvalue weighted by molar-refractivity contribution is 7.89. The molecule has 0 aliphatic carbocycles. The largest absolute Gasteiger partial charge is 0.497 e. The van der Waals surface area contributed by atoms with E-state index < -0.39 is 10.0 Å². The van der Waals surface area contributed by atoms with E-state index in [4.69, 9.17) is 14.5 Å². The highest BCUT2D eigenvalue weighted by Gasteiger charge is 2.36. The first-order valence-electron chi connectivity index (χ1n) is 11.2. The molecule has 0 spiro atoms. The van der Waals surface area contributed by atoms with Crippen molar-refractivity contribution in [2.24, 2.45) is 4.99 Å². The predicted octanol–water partition coefficient (Wildman–Crippen LogP) is 4.58. The van der Waals surface area contributed by atoms with Crippen molar-refractivity contribution in [3.8, 4) is 17.2 Å². The number of methoxy groups -OCH3 is 1. The van der Waals surface area contributed by atoms with Crippen LogP contribution < -0.4 is 9.47 Å². The lowest BCUT2D eigenvalue weighted by atomic mass is 10.1. The van der Waals surface area contributed by atoms with E-state index in [0.29, 0.717) is 25.4 Å². The van der Waals surface area contributed by atoms with Crippen LogP contribution >= 0.6 is 0 Å². The molecule has 1 atom stereocenters. The summed E-state index contributed by atoms with van der Waals surface area (Å²) in [6.45, 7) is 5.33. The number of sulfonamides is 1. The molecule has 5 rings (SSSR count). The number of ether oxygens (including phenoxy) is 2. The minimum absolute atomic E-state index is 0.238. The van der Waals surface area contributed by atoms with Crippen LogP contribution in [-0.4, -0.2) is 56.2 Å². The number of rotatable bonds is 3. The maximum Gasteiger partial charge on any atom is 0.243 e. The van der Waals surface area contributed by atoms with Crippen LogP contribution in [0, 0.1) is 6.92 Å². The Kier molecular flexibility index (Phi) is 5.79. The van der Waals surface area contributed by atoms with Gasteiger partial charge >= 0.3 is 0 Å². The van der Waals surface area contributed by atoms with Crippen molar-refractivity contribution in [1.29, 1.82) is 0 Å². The van der Waals surface area contributed by atoms with Crippen LogP contribution in [-0.2, 0) is 10.0 Å². The van der Waals surface area contributed by atoms with Crippen LogP contribution in [0.15, 0.2) is 76.6 Å². The Labute approximate surface area is 200 Å². The van der Waals surface area contributed by atoms with E-state index in [9.17, 15) is 8.42 Å². The number of fused-ring (bicyclic) bond motifs is 2. The molecule has 3 aromatic carbocycles. The molecule has 0 aromatic heterocycles. The van der Waals surface area contributed by atoms with Gasteiger partial charge in [0.2, 0.25) is 10.0 Å². The van der Waals surface area contributed by atoms with E-state index in [0.717, 1.165) is 34.1 Å². The predicted molar refractivity (Wildman–Crippen MR) is 132 cm³/mol. The summed E-state index contributed by atoms with van der Waals surface area (Å²) < 4.78 is 39.8. The summed E-state index contributed by atoms with van der Waals surface area (Å²) in [5, 5.41) is 0. The molecule has 8 heteroatoms. The Morgan fingerprint density at radius 2 is 1.82 bits per heavy atom. The first-order chi connectivity index (χ1) is 16.4. The zero-order chi connectivity index (χ0) is 23.9. The number of benzene rings is 3. The summed E-state index contributed by atoms with van der Waals surface area (Å²) in [4.78, 5) is 7.37. The second-order valence-electron chi connectivity index (χ2n) is 8.59. The Balaban J connectivity index is 1.47. The molecule has 0 bridgehead atoms. The molecule has 0 saturated carbocycles. The van der Waals surface area contributed by atoms with E-state index in [-0.39, 0.29) is 10.9 Å². The average molecular weight is 478 g/mol. The normalized spacial score (nSPS) is 18.3. The highest BCUT2D eigenvalue weighted by atomic mass is 32.2. The monoisotopic (exact) mass is 477 g/mol. The third kappa shape index (κ3) is 4.03.